The predicted molar refractivity (Wildman–Crippen MR) is 84.5 cm³/mol. The van der Waals surface area contributed by atoms with E-state index in [0.29, 0.717) is 43.3 Å². The highest BCUT2D eigenvalue weighted by molar-refractivity contribution is 7.92. The second-order valence-corrected chi connectivity index (χ2v) is 7.06. The van der Waals surface area contributed by atoms with Gasteiger partial charge in [0.25, 0.3) is 0 Å². The van der Waals surface area contributed by atoms with Crippen molar-refractivity contribution in [2.24, 2.45) is 0 Å². The van der Waals surface area contributed by atoms with Crippen molar-refractivity contribution in [3.63, 3.8) is 0 Å². The molecule has 7 heteroatoms. The summed E-state index contributed by atoms with van der Waals surface area (Å²) < 4.78 is 26.0. The quantitative estimate of drug-likeness (QED) is 0.882. The summed E-state index contributed by atoms with van der Waals surface area (Å²) in [6.07, 6.45) is 1.53. The Morgan fingerprint density at radius 2 is 1.86 bits per heavy atom. The molecule has 1 heterocycles. The Bertz CT molecular complexity index is 596. The SMILES string of the molecule is O=S(=O)(/C=C/c1ccccc1Cl)N1CCN(CCO)CC1. The van der Waals surface area contributed by atoms with Gasteiger partial charge < -0.3 is 5.11 Å². The summed E-state index contributed by atoms with van der Waals surface area (Å²) in [5.41, 5.74) is 0.682. The van der Waals surface area contributed by atoms with Gasteiger partial charge in [0, 0.05) is 43.2 Å². The van der Waals surface area contributed by atoms with Gasteiger partial charge in [-0.1, -0.05) is 29.8 Å². The molecule has 0 amide bonds. The summed E-state index contributed by atoms with van der Waals surface area (Å²) in [7, 11) is -3.43. The zero-order chi connectivity index (χ0) is 15.3. The van der Waals surface area contributed by atoms with Gasteiger partial charge in [-0.3, -0.25) is 4.90 Å². The van der Waals surface area contributed by atoms with Crippen LogP contribution in [0.2, 0.25) is 5.02 Å². The summed E-state index contributed by atoms with van der Waals surface area (Å²) in [6, 6.07) is 7.11. The fourth-order valence-electron chi connectivity index (χ4n) is 2.20. The molecule has 0 radical (unpaired) electrons. The molecule has 5 nitrogen and oxygen atoms in total. The van der Waals surface area contributed by atoms with Gasteiger partial charge in [0.05, 0.1) is 6.61 Å². The molecule has 1 aliphatic heterocycles. The first kappa shape index (κ1) is 16.5. The van der Waals surface area contributed by atoms with E-state index in [1.807, 2.05) is 11.0 Å². The van der Waals surface area contributed by atoms with E-state index in [1.165, 1.54) is 15.8 Å². The molecule has 0 aliphatic carbocycles. The highest BCUT2D eigenvalue weighted by Gasteiger charge is 2.24. The molecule has 2 rings (SSSR count). The fourth-order valence-corrected chi connectivity index (χ4v) is 3.57. The number of aliphatic hydroxyl groups excluding tert-OH is 1. The number of β-amino-alcohol motifs (C(OH)–C–C–N with tert-alkyl or cyclic N) is 1. The first-order valence-electron chi connectivity index (χ1n) is 6.79. The van der Waals surface area contributed by atoms with Crippen molar-refractivity contribution in [3.05, 3.63) is 40.3 Å². The van der Waals surface area contributed by atoms with E-state index in [-0.39, 0.29) is 6.61 Å². The summed E-state index contributed by atoms with van der Waals surface area (Å²) in [6.45, 7) is 2.84. The third-order valence-electron chi connectivity index (χ3n) is 3.43. The van der Waals surface area contributed by atoms with Gasteiger partial charge in [-0.15, -0.1) is 0 Å². The van der Waals surface area contributed by atoms with Gasteiger partial charge in [0.2, 0.25) is 10.0 Å². The van der Waals surface area contributed by atoms with E-state index in [9.17, 15) is 8.42 Å². The Labute approximate surface area is 130 Å². The van der Waals surface area contributed by atoms with Gasteiger partial charge in [-0.05, 0) is 17.7 Å². The van der Waals surface area contributed by atoms with E-state index in [0.717, 1.165) is 0 Å². The minimum atomic E-state index is -3.43. The van der Waals surface area contributed by atoms with Crippen molar-refractivity contribution in [1.82, 2.24) is 9.21 Å². The molecule has 0 saturated carbocycles. The average Bonchev–Trinajstić information content (AvgIpc) is 2.47. The van der Waals surface area contributed by atoms with Crippen molar-refractivity contribution >= 4 is 27.7 Å². The van der Waals surface area contributed by atoms with Crippen molar-refractivity contribution < 1.29 is 13.5 Å². The lowest BCUT2D eigenvalue weighted by Crippen LogP contribution is -2.48. The van der Waals surface area contributed by atoms with Crippen LogP contribution in [-0.4, -0.2) is 62.1 Å². The van der Waals surface area contributed by atoms with Crippen LogP contribution >= 0.6 is 11.6 Å². The largest absolute Gasteiger partial charge is 0.395 e. The lowest BCUT2D eigenvalue weighted by atomic mass is 10.2. The number of benzene rings is 1. The first-order valence-corrected chi connectivity index (χ1v) is 8.67. The monoisotopic (exact) mass is 330 g/mol. The van der Waals surface area contributed by atoms with Crippen LogP contribution in [0.5, 0.6) is 0 Å². The highest BCUT2D eigenvalue weighted by Crippen LogP contribution is 2.18. The number of hydrogen-bond acceptors (Lipinski definition) is 4. The Balaban J connectivity index is 2.01. The van der Waals surface area contributed by atoms with Crippen LogP contribution in [0.15, 0.2) is 29.7 Å². The van der Waals surface area contributed by atoms with E-state index < -0.39 is 10.0 Å². The van der Waals surface area contributed by atoms with Crippen LogP contribution in [0, 0.1) is 0 Å². The Morgan fingerprint density at radius 1 is 1.19 bits per heavy atom. The maximum absolute atomic E-state index is 12.3. The van der Waals surface area contributed by atoms with E-state index in [4.69, 9.17) is 16.7 Å². The molecule has 1 aromatic rings. The molecular weight excluding hydrogens is 312 g/mol. The van der Waals surface area contributed by atoms with Crippen molar-refractivity contribution in [2.75, 3.05) is 39.3 Å². The van der Waals surface area contributed by atoms with Gasteiger partial charge in [-0.25, -0.2) is 8.42 Å². The number of aliphatic hydroxyl groups is 1. The topological polar surface area (TPSA) is 60.9 Å². The van der Waals surface area contributed by atoms with Crippen LogP contribution in [-0.2, 0) is 10.0 Å². The predicted octanol–water partition coefficient (Wildman–Crippen LogP) is 1.25. The number of rotatable bonds is 5. The fraction of sp³-hybridized carbons (Fsp3) is 0.429. The molecule has 1 aromatic carbocycles. The lowest BCUT2D eigenvalue weighted by Gasteiger charge is -2.32. The molecule has 1 saturated heterocycles. The lowest BCUT2D eigenvalue weighted by molar-refractivity contribution is 0.152. The zero-order valence-electron chi connectivity index (χ0n) is 11.7. The number of hydrogen-bond donors (Lipinski definition) is 1. The Hall–Kier alpha value is -0.920. The molecule has 1 N–H and O–H groups in total. The average molecular weight is 331 g/mol. The van der Waals surface area contributed by atoms with Gasteiger partial charge in [0.15, 0.2) is 0 Å². The molecule has 0 unspecified atom stereocenters. The van der Waals surface area contributed by atoms with E-state index in [2.05, 4.69) is 0 Å². The summed E-state index contributed by atoms with van der Waals surface area (Å²) >= 11 is 6.00. The molecule has 116 valence electrons. The molecule has 0 atom stereocenters. The molecule has 21 heavy (non-hydrogen) atoms. The third kappa shape index (κ3) is 4.52. The molecule has 0 bridgehead atoms. The normalized spacial score (nSPS) is 18.4. The third-order valence-corrected chi connectivity index (χ3v) is 5.34. The van der Waals surface area contributed by atoms with Crippen LogP contribution < -0.4 is 0 Å². The number of nitrogens with zero attached hydrogens (tertiary/aromatic N) is 2. The second-order valence-electron chi connectivity index (χ2n) is 4.83. The maximum Gasteiger partial charge on any atom is 0.236 e. The van der Waals surface area contributed by atoms with Gasteiger partial charge >= 0.3 is 0 Å². The minimum Gasteiger partial charge on any atom is -0.395 e. The number of sulfonamides is 1. The zero-order valence-corrected chi connectivity index (χ0v) is 13.2. The molecular formula is C14H19ClN2O3S. The summed E-state index contributed by atoms with van der Waals surface area (Å²) in [4.78, 5) is 2.05. The van der Waals surface area contributed by atoms with Gasteiger partial charge in [0.1, 0.15) is 0 Å². The Morgan fingerprint density at radius 3 is 2.48 bits per heavy atom. The van der Waals surface area contributed by atoms with Crippen molar-refractivity contribution in [1.29, 1.82) is 0 Å². The van der Waals surface area contributed by atoms with Gasteiger partial charge in [-0.2, -0.15) is 4.31 Å². The van der Waals surface area contributed by atoms with E-state index in [1.54, 1.807) is 18.2 Å². The second kappa shape index (κ2) is 7.38. The Kier molecular flexibility index (Phi) is 5.78. The van der Waals surface area contributed by atoms with E-state index >= 15 is 0 Å². The molecule has 1 aliphatic rings. The minimum absolute atomic E-state index is 0.0964. The van der Waals surface area contributed by atoms with Crippen molar-refractivity contribution in [2.45, 2.75) is 0 Å². The molecule has 0 spiro atoms. The number of piperazine rings is 1. The maximum atomic E-state index is 12.3. The first-order chi connectivity index (χ1) is 10.0. The van der Waals surface area contributed by atoms with Crippen LogP contribution in [0.3, 0.4) is 0 Å². The number of halogens is 1. The van der Waals surface area contributed by atoms with Crippen LogP contribution in [0.25, 0.3) is 6.08 Å². The standard InChI is InChI=1S/C14H19ClN2O3S/c15-14-4-2-1-3-13(14)5-12-21(19,20)17-8-6-16(7-9-17)10-11-18/h1-5,12,18H,6-11H2/b12-5+. The molecule has 0 aromatic heterocycles. The summed E-state index contributed by atoms with van der Waals surface area (Å²) in [5, 5.41) is 10.6. The van der Waals surface area contributed by atoms with Crippen LogP contribution in [0.1, 0.15) is 5.56 Å². The highest BCUT2D eigenvalue weighted by atomic mass is 35.5. The van der Waals surface area contributed by atoms with Crippen molar-refractivity contribution in [3.8, 4) is 0 Å². The van der Waals surface area contributed by atoms with Crippen LogP contribution in [0.4, 0.5) is 0 Å². The smallest absolute Gasteiger partial charge is 0.236 e. The summed E-state index contributed by atoms with van der Waals surface area (Å²) in [5.74, 6) is 0. The molecule has 1 fully saturated rings.